The summed E-state index contributed by atoms with van der Waals surface area (Å²) >= 11 is 0. The standard InChI is InChI=1S/C25H33N5O4S/c1-17-5-3-6-19(13-17)25(32)27-14-23(31)28-20-15-30(16-20)21-10-8-18(9-11-21)24-22(7-4-12-26-24)29-35(2,33)34/h3-7,12-13,18,20-21,29H,8-11,14-16H2,1-2H3,(H,27,32)(H,28,31)/t18-,21+. The van der Waals surface area contributed by atoms with Gasteiger partial charge in [0.25, 0.3) is 5.91 Å². The second-order valence-electron chi connectivity index (χ2n) is 9.59. The van der Waals surface area contributed by atoms with Gasteiger partial charge in [-0.25, -0.2) is 8.42 Å². The lowest BCUT2D eigenvalue weighted by Crippen LogP contribution is -2.63. The van der Waals surface area contributed by atoms with Crippen LogP contribution < -0.4 is 15.4 Å². The van der Waals surface area contributed by atoms with E-state index in [2.05, 4.69) is 25.2 Å². The van der Waals surface area contributed by atoms with E-state index in [1.54, 1.807) is 30.5 Å². The van der Waals surface area contributed by atoms with Crippen molar-refractivity contribution in [3.8, 4) is 0 Å². The van der Waals surface area contributed by atoms with Gasteiger partial charge < -0.3 is 10.6 Å². The third-order valence-corrected chi connectivity index (χ3v) is 7.29. The number of hydrogen-bond donors (Lipinski definition) is 3. The molecule has 2 aliphatic rings. The molecule has 0 atom stereocenters. The lowest BCUT2D eigenvalue weighted by atomic mass is 9.81. The largest absolute Gasteiger partial charge is 0.349 e. The van der Waals surface area contributed by atoms with E-state index in [1.165, 1.54) is 0 Å². The predicted molar refractivity (Wildman–Crippen MR) is 135 cm³/mol. The highest BCUT2D eigenvalue weighted by Gasteiger charge is 2.36. The van der Waals surface area contributed by atoms with Crippen molar-refractivity contribution in [2.45, 2.75) is 50.6 Å². The van der Waals surface area contributed by atoms with Crippen molar-refractivity contribution in [2.75, 3.05) is 30.6 Å². The van der Waals surface area contributed by atoms with Gasteiger partial charge in [-0.2, -0.15) is 0 Å². The fourth-order valence-electron chi connectivity index (χ4n) is 4.97. The van der Waals surface area contributed by atoms with Gasteiger partial charge in [-0.15, -0.1) is 0 Å². The van der Waals surface area contributed by atoms with Crippen LogP contribution in [0.2, 0.25) is 0 Å². The van der Waals surface area contributed by atoms with Gasteiger partial charge in [0, 0.05) is 36.8 Å². The zero-order chi connectivity index (χ0) is 25.0. The van der Waals surface area contributed by atoms with Crippen LogP contribution in [0.1, 0.15) is 53.2 Å². The number of rotatable bonds is 8. The zero-order valence-corrected chi connectivity index (χ0v) is 21.0. The molecule has 9 nitrogen and oxygen atoms in total. The molecular weight excluding hydrogens is 466 g/mol. The van der Waals surface area contributed by atoms with Gasteiger partial charge in [0.05, 0.1) is 30.2 Å². The van der Waals surface area contributed by atoms with E-state index in [-0.39, 0.29) is 30.3 Å². The molecule has 2 heterocycles. The Morgan fingerprint density at radius 2 is 1.83 bits per heavy atom. The number of pyridine rings is 1. The molecule has 3 N–H and O–H groups in total. The van der Waals surface area contributed by atoms with Crippen LogP contribution in [-0.2, 0) is 14.8 Å². The summed E-state index contributed by atoms with van der Waals surface area (Å²) in [6.45, 7) is 3.49. The fraction of sp³-hybridized carbons (Fsp3) is 0.480. The molecule has 188 valence electrons. The van der Waals surface area contributed by atoms with Crippen molar-refractivity contribution >= 4 is 27.5 Å². The Labute approximate surface area is 206 Å². The van der Waals surface area contributed by atoms with E-state index in [4.69, 9.17) is 0 Å². The average molecular weight is 500 g/mol. The van der Waals surface area contributed by atoms with Crippen LogP contribution in [0.5, 0.6) is 0 Å². The summed E-state index contributed by atoms with van der Waals surface area (Å²) in [7, 11) is -3.35. The van der Waals surface area contributed by atoms with E-state index >= 15 is 0 Å². The first-order chi connectivity index (χ1) is 16.7. The molecule has 1 saturated heterocycles. The topological polar surface area (TPSA) is 120 Å². The van der Waals surface area contributed by atoms with Crippen molar-refractivity contribution in [3.63, 3.8) is 0 Å². The lowest BCUT2D eigenvalue weighted by Gasteiger charge is -2.46. The number of likely N-dealkylation sites (tertiary alicyclic amines) is 1. The highest BCUT2D eigenvalue weighted by atomic mass is 32.2. The van der Waals surface area contributed by atoms with Crippen molar-refractivity contribution in [2.24, 2.45) is 0 Å². The zero-order valence-electron chi connectivity index (χ0n) is 20.2. The molecule has 1 aliphatic heterocycles. The van der Waals surface area contributed by atoms with Crippen LogP contribution in [0.15, 0.2) is 42.6 Å². The van der Waals surface area contributed by atoms with Crippen LogP contribution >= 0.6 is 0 Å². The number of aryl methyl sites for hydroxylation is 1. The van der Waals surface area contributed by atoms with Crippen molar-refractivity contribution < 1.29 is 18.0 Å². The number of nitrogens with one attached hydrogen (secondary N) is 3. The Hall–Kier alpha value is -2.98. The number of carbonyl (C=O) groups excluding carboxylic acids is 2. The molecule has 4 rings (SSSR count). The Morgan fingerprint density at radius 3 is 2.51 bits per heavy atom. The van der Waals surface area contributed by atoms with Crippen LogP contribution in [0, 0.1) is 6.92 Å². The number of benzene rings is 1. The first-order valence-corrected chi connectivity index (χ1v) is 13.9. The third-order valence-electron chi connectivity index (χ3n) is 6.70. The normalized spacial score (nSPS) is 21.1. The molecule has 35 heavy (non-hydrogen) atoms. The number of aromatic nitrogens is 1. The van der Waals surface area contributed by atoms with E-state index in [1.807, 2.05) is 19.1 Å². The Bertz CT molecular complexity index is 1170. The van der Waals surface area contributed by atoms with Crippen LogP contribution in [0.4, 0.5) is 5.69 Å². The minimum Gasteiger partial charge on any atom is -0.349 e. The molecule has 2 aromatic rings. The van der Waals surface area contributed by atoms with Gasteiger partial charge in [-0.05, 0) is 56.9 Å². The Kier molecular flexibility index (Phi) is 7.71. The number of carbonyl (C=O) groups is 2. The molecule has 0 spiro atoms. The second-order valence-corrected chi connectivity index (χ2v) is 11.3. The SMILES string of the molecule is Cc1cccc(C(=O)NCC(=O)NC2CN([C@H]3CC[C@@H](c4ncccc4NS(C)(=O)=O)CC3)C2)c1. The summed E-state index contributed by atoms with van der Waals surface area (Å²) in [5.74, 6) is -0.204. The molecule has 2 amide bonds. The average Bonchev–Trinajstić information content (AvgIpc) is 2.79. The van der Waals surface area contributed by atoms with Crippen LogP contribution in [0.3, 0.4) is 0 Å². The highest BCUT2D eigenvalue weighted by molar-refractivity contribution is 7.92. The Morgan fingerprint density at radius 1 is 1.09 bits per heavy atom. The maximum absolute atomic E-state index is 12.3. The molecule has 0 unspecified atom stereocenters. The molecule has 2 fully saturated rings. The van der Waals surface area contributed by atoms with E-state index < -0.39 is 10.0 Å². The van der Waals surface area contributed by atoms with Crippen LogP contribution in [-0.4, -0.2) is 68.1 Å². The molecule has 10 heteroatoms. The summed E-state index contributed by atoms with van der Waals surface area (Å²) < 4.78 is 26.0. The minimum atomic E-state index is -3.35. The maximum Gasteiger partial charge on any atom is 0.251 e. The quantitative estimate of drug-likeness (QED) is 0.511. The second kappa shape index (κ2) is 10.7. The maximum atomic E-state index is 12.3. The minimum absolute atomic E-state index is 0.0394. The van der Waals surface area contributed by atoms with Crippen LogP contribution in [0.25, 0.3) is 0 Å². The monoisotopic (exact) mass is 499 g/mol. The molecule has 1 aromatic carbocycles. The third kappa shape index (κ3) is 6.79. The van der Waals surface area contributed by atoms with Gasteiger partial charge in [0.2, 0.25) is 15.9 Å². The summed E-state index contributed by atoms with van der Waals surface area (Å²) in [5.41, 5.74) is 2.93. The number of nitrogens with zero attached hydrogens (tertiary/aromatic N) is 2. The van der Waals surface area contributed by atoms with Gasteiger partial charge in [0.1, 0.15) is 0 Å². The van der Waals surface area contributed by atoms with Gasteiger partial charge in [0.15, 0.2) is 0 Å². The Balaban J connectivity index is 1.18. The number of hydrogen-bond acceptors (Lipinski definition) is 6. The summed E-state index contributed by atoms with van der Waals surface area (Å²) in [6, 6.07) is 11.3. The molecule has 1 aromatic heterocycles. The van der Waals surface area contributed by atoms with E-state index in [0.29, 0.717) is 17.3 Å². The molecule has 1 aliphatic carbocycles. The van der Waals surface area contributed by atoms with Crippen molar-refractivity contribution in [1.82, 2.24) is 20.5 Å². The predicted octanol–water partition coefficient (Wildman–Crippen LogP) is 2.02. The van der Waals surface area contributed by atoms with Gasteiger partial charge in [-0.1, -0.05) is 17.7 Å². The van der Waals surface area contributed by atoms with E-state index in [0.717, 1.165) is 56.3 Å². The summed E-state index contributed by atoms with van der Waals surface area (Å²) in [6.07, 6.45) is 6.76. The smallest absolute Gasteiger partial charge is 0.251 e. The first kappa shape index (κ1) is 25.1. The van der Waals surface area contributed by atoms with E-state index in [9.17, 15) is 18.0 Å². The summed E-state index contributed by atoms with van der Waals surface area (Å²) in [5, 5.41) is 5.68. The number of amides is 2. The number of anilines is 1. The molecule has 0 bridgehead atoms. The first-order valence-electron chi connectivity index (χ1n) is 12.0. The van der Waals surface area contributed by atoms with Gasteiger partial charge in [-0.3, -0.25) is 24.2 Å². The highest BCUT2D eigenvalue weighted by Crippen LogP contribution is 2.38. The molecule has 1 saturated carbocycles. The lowest BCUT2D eigenvalue weighted by molar-refractivity contribution is -0.122. The molecule has 0 radical (unpaired) electrons. The van der Waals surface area contributed by atoms with Gasteiger partial charge >= 0.3 is 0 Å². The summed E-state index contributed by atoms with van der Waals surface area (Å²) in [4.78, 5) is 31.3. The fourth-order valence-corrected chi connectivity index (χ4v) is 5.55. The van der Waals surface area contributed by atoms with Crippen molar-refractivity contribution in [3.05, 3.63) is 59.4 Å². The van der Waals surface area contributed by atoms with Crippen molar-refractivity contribution in [1.29, 1.82) is 0 Å². The molecular formula is C25H33N5O4S. The number of sulfonamides is 1.